The van der Waals surface area contributed by atoms with Crippen molar-refractivity contribution in [3.8, 4) is 0 Å². The lowest BCUT2D eigenvalue weighted by Gasteiger charge is -2.21. The maximum Gasteiger partial charge on any atom is 0.268 e. The third-order valence-corrected chi connectivity index (χ3v) is 3.97. The number of fused-ring (bicyclic) bond motifs is 1. The number of aryl methyl sites for hydroxylation is 1. The van der Waals surface area contributed by atoms with E-state index in [9.17, 15) is 8.42 Å². The lowest BCUT2D eigenvalue weighted by atomic mass is 9.92. The van der Waals surface area contributed by atoms with Crippen LogP contribution in [0.25, 0.3) is 0 Å². The van der Waals surface area contributed by atoms with Crippen LogP contribution in [0, 0.1) is 0 Å². The Morgan fingerprint density at radius 2 is 1.80 bits per heavy atom. The van der Waals surface area contributed by atoms with Gasteiger partial charge in [-0.25, -0.2) is 0 Å². The van der Waals surface area contributed by atoms with Crippen molar-refractivity contribution in [3.63, 3.8) is 0 Å². The van der Waals surface area contributed by atoms with Gasteiger partial charge in [-0.3, -0.25) is 4.55 Å². The minimum absolute atomic E-state index is 0. The Kier molecular flexibility index (Phi) is 3.49. The molecule has 84 valence electrons. The summed E-state index contributed by atoms with van der Waals surface area (Å²) in [6, 6.07) is 7.78. The average molecular weight is 230 g/mol. The van der Waals surface area contributed by atoms with E-state index in [1.807, 2.05) is 24.3 Å². The summed E-state index contributed by atoms with van der Waals surface area (Å²) in [7, 11) is -3.87. The highest BCUT2D eigenvalue weighted by Crippen LogP contribution is 2.24. The Bertz CT molecular complexity index is 438. The molecule has 0 heterocycles. The quantitative estimate of drug-likeness (QED) is 0.717. The summed E-state index contributed by atoms with van der Waals surface area (Å²) in [5.74, 6) is 0. The molecule has 0 amide bonds. The van der Waals surface area contributed by atoms with Crippen molar-refractivity contribution in [1.82, 2.24) is 0 Å². The van der Waals surface area contributed by atoms with Crippen molar-refractivity contribution in [2.75, 3.05) is 0 Å². The van der Waals surface area contributed by atoms with Gasteiger partial charge >= 0.3 is 0 Å². The molecule has 3 N–H and O–H groups in total. The second-order valence-electron chi connectivity index (χ2n) is 3.65. The van der Waals surface area contributed by atoms with Crippen molar-refractivity contribution in [2.45, 2.75) is 24.5 Å². The van der Waals surface area contributed by atoms with E-state index in [0.717, 1.165) is 12.0 Å². The van der Waals surface area contributed by atoms with Gasteiger partial charge in [0.25, 0.3) is 10.1 Å². The van der Waals surface area contributed by atoms with Crippen molar-refractivity contribution in [1.29, 1.82) is 0 Å². The Balaban J connectivity index is 0.00000112. The third kappa shape index (κ3) is 2.56. The standard InChI is InChI=1S/C10H12O3S.H2O/c11-14(12,13)10-6-5-8-3-1-2-4-9(8)7-10;/h1-4,10H,5-7H2,(H,11,12,13);1H2. The third-order valence-electron chi connectivity index (χ3n) is 2.72. The molecule has 1 aromatic rings. The molecule has 4 nitrogen and oxygen atoms in total. The lowest BCUT2D eigenvalue weighted by molar-refractivity contribution is 0.457. The zero-order valence-electron chi connectivity index (χ0n) is 8.18. The zero-order valence-corrected chi connectivity index (χ0v) is 9.00. The molecule has 1 unspecified atom stereocenters. The highest BCUT2D eigenvalue weighted by Gasteiger charge is 2.27. The summed E-state index contributed by atoms with van der Waals surface area (Å²) in [4.78, 5) is 0. The van der Waals surface area contributed by atoms with Crippen LogP contribution in [0.3, 0.4) is 0 Å². The van der Waals surface area contributed by atoms with Crippen LogP contribution in [0.1, 0.15) is 17.5 Å². The van der Waals surface area contributed by atoms with E-state index in [2.05, 4.69) is 0 Å². The second kappa shape index (κ2) is 4.30. The van der Waals surface area contributed by atoms with E-state index >= 15 is 0 Å². The van der Waals surface area contributed by atoms with E-state index < -0.39 is 15.4 Å². The summed E-state index contributed by atoms with van der Waals surface area (Å²) in [6.45, 7) is 0. The lowest BCUT2D eigenvalue weighted by Crippen LogP contribution is -2.27. The van der Waals surface area contributed by atoms with Crippen molar-refractivity contribution in [2.24, 2.45) is 0 Å². The maximum absolute atomic E-state index is 11.0. The molecule has 1 aliphatic carbocycles. The van der Waals surface area contributed by atoms with Crippen LogP contribution in [0.15, 0.2) is 24.3 Å². The van der Waals surface area contributed by atoms with Crippen LogP contribution < -0.4 is 0 Å². The highest BCUT2D eigenvalue weighted by atomic mass is 32.2. The van der Waals surface area contributed by atoms with Gasteiger partial charge in [0.05, 0.1) is 5.25 Å². The summed E-state index contributed by atoms with van der Waals surface area (Å²) < 4.78 is 30.8. The minimum atomic E-state index is -3.87. The van der Waals surface area contributed by atoms with Gasteiger partial charge in [0, 0.05) is 0 Å². The van der Waals surface area contributed by atoms with E-state index in [-0.39, 0.29) is 5.48 Å². The molecular formula is C10H14O4S. The predicted molar refractivity (Wildman–Crippen MR) is 57.4 cm³/mol. The van der Waals surface area contributed by atoms with Gasteiger partial charge in [-0.15, -0.1) is 0 Å². The number of hydrogen-bond donors (Lipinski definition) is 1. The molecule has 1 aliphatic rings. The van der Waals surface area contributed by atoms with E-state index in [1.54, 1.807) is 0 Å². The SMILES string of the molecule is O.O=S(=O)(O)C1CCc2ccccc2C1. The van der Waals surface area contributed by atoms with Crippen molar-refractivity contribution in [3.05, 3.63) is 35.4 Å². The first-order chi connectivity index (χ1) is 6.57. The van der Waals surface area contributed by atoms with Crippen LogP contribution in [-0.4, -0.2) is 23.7 Å². The largest absolute Gasteiger partial charge is 0.412 e. The molecule has 5 heteroatoms. The summed E-state index contributed by atoms with van der Waals surface area (Å²) >= 11 is 0. The summed E-state index contributed by atoms with van der Waals surface area (Å²) in [5.41, 5.74) is 2.24. The Morgan fingerprint density at radius 3 is 2.40 bits per heavy atom. The molecule has 0 saturated carbocycles. The fraction of sp³-hybridized carbons (Fsp3) is 0.400. The van der Waals surface area contributed by atoms with Crippen LogP contribution in [0.2, 0.25) is 0 Å². The van der Waals surface area contributed by atoms with Gasteiger partial charge in [-0.2, -0.15) is 8.42 Å². The Hall–Kier alpha value is -0.910. The number of rotatable bonds is 1. The monoisotopic (exact) mass is 230 g/mol. The fourth-order valence-corrected chi connectivity index (χ4v) is 2.72. The maximum atomic E-state index is 11.0. The first-order valence-corrected chi connectivity index (χ1v) is 6.11. The van der Waals surface area contributed by atoms with Gasteiger partial charge < -0.3 is 5.48 Å². The fourth-order valence-electron chi connectivity index (χ4n) is 1.92. The van der Waals surface area contributed by atoms with Gasteiger partial charge in [0.1, 0.15) is 0 Å². The van der Waals surface area contributed by atoms with Gasteiger partial charge in [-0.05, 0) is 30.4 Å². The summed E-state index contributed by atoms with van der Waals surface area (Å²) in [6.07, 6.45) is 1.70. The molecule has 0 fully saturated rings. The van der Waals surface area contributed by atoms with Gasteiger partial charge in [0.2, 0.25) is 0 Å². The van der Waals surface area contributed by atoms with Crippen LogP contribution in [0.4, 0.5) is 0 Å². The first-order valence-electron chi connectivity index (χ1n) is 4.60. The predicted octanol–water partition coefficient (Wildman–Crippen LogP) is 0.607. The van der Waals surface area contributed by atoms with Gasteiger partial charge in [-0.1, -0.05) is 24.3 Å². The van der Waals surface area contributed by atoms with Crippen molar-refractivity contribution >= 4 is 10.1 Å². The average Bonchev–Trinajstić information content (AvgIpc) is 2.16. The minimum Gasteiger partial charge on any atom is -0.412 e. The molecule has 2 rings (SSSR count). The number of benzene rings is 1. The topological polar surface area (TPSA) is 85.9 Å². The van der Waals surface area contributed by atoms with Crippen LogP contribution in [0.5, 0.6) is 0 Å². The van der Waals surface area contributed by atoms with Crippen molar-refractivity contribution < 1.29 is 18.4 Å². The normalized spacial score (nSPS) is 20.2. The van der Waals surface area contributed by atoms with E-state index in [4.69, 9.17) is 4.55 Å². The molecule has 0 saturated heterocycles. The smallest absolute Gasteiger partial charge is 0.268 e. The molecule has 1 aromatic carbocycles. The second-order valence-corrected chi connectivity index (χ2v) is 5.35. The molecular weight excluding hydrogens is 216 g/mol. The molecule has 0 bridgehead atoms. The molecule has 1 atom stereocenters. The van der Waals surface area contributed by atoms with E-state index in [1.165, 1.54) is 5.56 Å². The van der Waals surface area contributed by atoms with Crippen LogP contribution >= 0.6 is 0 Å². The Morgan fingerprint density at radius 1 is 1.20 bits per heavy atom. The number of hydrogen-bond acceptors (Lipinski definition) is 2. The molecule has 0 spiro atoms. The molecule has 0 radical (unpaired) electrons. The first kappa shape index (κ1) is 12.2. The molecule has 0 aliphatic heterocycles. The van der Waals surface area contributed by atoms with Gasteiger partial charge in [0.15, 0.2) is 0 Å². The Labute approximate surface area is 89.0 Å². The van der Waals surface area contributed by atoms with Crippen LogP contribution in [-0.2, 0) is 23.0 Å². The zero-order chi connectivity index (χ0) is 10.2. The van der Waals surface area contributed by atoms with E-state index in [0.29, 0.717) is 12.8 Å². The molecule has 15 heavy (non-hydrogen) atoms. The molecule has 0 aromatic heterocycles. The summed E-state index contributed by atoms with van der Waals surface area (Å²) in [5, 5.41) is -0.614. The highest BCUT2D eigenvalue weighted by molar-refractivity contribution is 7.86.